The van der Waals surface area contributed by atoms with Gasteiger partial charge in [-0.1, -0.05) is 0 Å². The van der Waals surface area contributed by atoms with E-state index in [0.717, 1.165) is 5.56 Å². The number of benzene rings is 1. The Morgan fingerprint density at radius 3 is 2.71 bits per heavy atom. The van der Waals surface area contributed by atoms with Crippen LogP contribution in [0.15, 0.2) is 35.1 Å². The monoisotopic (exact) mass is 231 g/mol. The summed E-state index contributed by atoms with van der Waals surface area (Å²) in [4.78, 5) is 18.4. The highest BCUT2D eigenvalue weighted by Crippen LogP contribution is 2.17. The van der Waals surface area contributed by atoms with E-state index in [1.807, 2.05) is 0 Å². The van der Waals surface area contributed by atoms with Gasteiger partial charge in [-0.2, -0.15) is 0 Å². The zero-order valence-electron chi connectivity index (χ0n) is 9.40. The Balaban J connectivity index is 2.44. The van der Waals surface area contributed by atoms with Gasteiger partial charge in [0.25, 0.3) is 5.56 Å². The van der Waals surface area contributed by atoms with Crippen LogP contribution >= 0.6 is 0 Å². The number of hydrogen-bond acceptors (Lipinski definition) is 4. The van der Waals surface area contributed by atoms with Crippen molar-refractivity contribution < 1.29 is 5.11 Å². The Morgan fingerprint density at radius 1 is 1.35 bits per heavy atom. The maximum absolute atomic E-state index is 11.5. The van der Waals surface area contributed by atoms with Gasteiger partial charge in [-0.3, -0.25) is 4.79 Å². The largest absolute Gasteiger partial charge is 0.508 e. The molecule has 0 aliphatic carbocycles. The third-order valence-corrected chi connectivity index (χ3v) is 2.29. The lowest BCUT2D eigenvalue weighted by molar-refractivity contribution is 0.475. The smallest absolute Gasteiger partial charge is 0.251 e. The number of aromatic nitrogens is 2. The molecule has 0 aliphatic rings. The fourth-order valence-electron chi connectivity index (χ4n) is 1.54. The first-order valence-electron chi connectivity index (χ1n) is 5.23. The second kappa shape index (κ2) is 4.80. The fourth-order valence-corrected chi connectivity index (χ4v) is 1.54. The van der Waals surface area contributed by atoms with Gasteiger partial charge in [0.2, 0.25) is 0 Å². The minimum absolute atomic E-state index is 0.183. The minimum atomic E-state index is -0.187. The van der Waals surface area contributed by atoms with E-state index in [2.05, 4.69) is 15.3 Å². The number of nitrogens with one attached hydrogen (secondary N) is 2. The van der Waals surface area contributed by atoms with E-state index in [1.54, 1.807) is 31.3 Å². The molecule has 1 heterocycles. The maximum atomic E-state index is 11.5. The third-order valence-electron chi connectivity index (χ3n) is 2.29. The molecular weight excluding hydrogens is 218 g/mol. The van der Waals surface area contributed by atoms with Crippen LogP contribution in [0.3, 0.4) is 0 Å². The van der Waals surface area contributed by atoms with Crippen LogP contribution in [0.1, 0.15) is 5.69 Å². The van der Waals surface area contributed by atoms with Crippen molar-refractivity contribution in [2.24, 2.45) is 0 Å². The van der Waals surface area contributed by atoms with Crippen molar-refractivity contribution >= 4 is 0 Å². The molecule has 0 fully saturated rings. The second-order valence-corrected chi connectivity index (χ2v) is 3.66. The Hall–Kier alpha value is -2.14. The van der Waals surface area contributed by atoms with Crippen LogP contribution in [-0.4, -0.2) is 22.1 Å². The number of hydrogen-bond donors (Lipinski definition) is 3. The van der Waals surface area contributed by atoms with Crippen LogP contribution in [0.25, 0.3) is 11.4 Å². The normalized spacial score (nSPS) is 10.4. The summed E-state index contributed by atoms with van der Waals surface area (Å²) in [5.74, 6) is 0.685. The van der Waals surface area contributed by atoms with Crippen LogP contribution in [0.4, 0.5) is 0 Å². The summed E-state index contributed by atoms with van der Waals surface area (Å²) in [5.41, 5.74) is 1.26. The second-order valence-electron chi connectivity index (χ2n) is 3.66. The summed E-state index contributed by atoms with van der Waals surface area (Å²) < 4.78 is 0. The van der Waals surface area contributed by atoms with E-state index in [4.69, 9.17) is 0 Å². The molecular formula is C12H13N3O2. The fraction of sp³-hybridized carbons (Fsp3) is 0.167. The van der Waals surface area contributed by atoms with Crippen molar-refractivity contribution in [1.82, 2.24) is 15.3 Å². The van der Waals surface area contributed by atoms with Crippen LogP contribution < -0.4 is 10.9 Å². The van der Waals surface area contributed by atoms with E-state index < -0.39 is 0 Å². The molecule has 2 rings (SSSR count). The molecule has 0 spiro atoms. The Morgan fingerprint density at radius 2 is 2.06 bits per heavy atom. The molecule has 5 nitrogen and oxygen atoms in total. The van der Waals surface area contributed by atoms with E-state index >= 15 is 0 Å². The van der Waals surface area contributed by atoms with Crippen molar-refractivity contribution in [1.29, 1.82) is 0 Å². The molecule has 0 aliphatic heterocycles. The molecule has 1 aromatic heterocycles. The molecule has 5 heteroatoms. The topological polar surface area (TPSA) is 78.0 Å². The number of rotatable bonds is 3. The average Bonchev–Trinajstić information content (AvgIpc) is 2.29. The first-order chi connectivity index (χ1) is 8.19. The van der Waals surface area contributed by atoms with Gasteiger partial charge in [0.15, 0.2) is 0 Å². The zero-order valence-corrected chi connectivity index (χ0v) is 9.40. The van der Waals surface area contributed by atoms with E-state index in [1.165, 1.54) is 6.07 Å². The van der Waals surface area contributed by atoms with E-state index in [-0.39, 0.29) is 11.3 Å². The van der Waals surface area contributed by atoms with Gasteiger partial charge in [0, 0.05) is 18.2 Å². The van der Waals surface area contributed by atoms with Crippen molar-refractivity contribution in [3.63, 3.8) is 0 Å². The molecule has 0 bridgehead atoms. The lowest BCUT2D eigenvalue weighted by atomic mass is 10.2. The van der Waals surface area contributed by atoms with Gasteiger partial charge < -0.3 is 15.4 Å². The molecule has 3 N–H and O–H groups in total. The molecule has 0 saturated heterocycles. The lowest BCUT2D eigenvalue weighted by Gasteiger charge is -2.04. The highest BCUT2D eigenvalue weighted by molar-refractivity contribution is 5.55. The molecule has 0 saturated carbocycles. The summed E-state index contributed by atoms with van der Waals surface area (Å²) in [6, 6.07) is 7.98. The van der Waals surface area contributed by atoms with E-state index in [0.29, 0.717) is 18.1 Å². The molecule has 1 aromatic carbocycles. The molecule has 88 valence electrons. The molecule has 0 atom stereocenters. The van der Waals surface area contributed by atoms with Gasteiger partial charge >= 0.3 is 0 Å². The maximum Gasteiger partial charge on any atom is 0.251 e. The molecule has 17 heavy (non-hydrogen) atoms. The van der Waals surface area contributed by atoms with Gasteiger partial charge in [-0.25, -0.2) is 4.98 Å². The zero-order chi connectivity index (χ0) is 12.3. The number of aromatic amines is 1. The predicted octanol–water partition coefficient (Wildman–Crippen LogP) is 0.862. The summed E-state index contributed by atoms with van der Waals surface area (Å²) in [6.45, 7) is 0.537. The summed E-state index contributed by atoms with van der Waals surface area (Å²) in [5, 5.41) is 12.1. The van der Waals surface area contributed by atoms with Crippen LogP contribution in [0.5, 0.6) is 5.75 Å². The molecule has 0 radical (unpaired) electrons. The van der Waals surface area contributed by atoms with E-state index in [9.17, 15) is 9.90 Å². The minimum Gasteiger partial charge on any atom is -0.508 e. The summed E-state index contributed by atoms with van der Waals surface area (Å²) in [7, 11) is 1.79. The molecule has 2 aromatic rings. The van der Waals surface area contributed by atoms with Gasteiger partial charge in [-0.05, 0) is 31.3 Å². The first kappa shape index (κ1) is 11.3. The van der Waals surface area contributed by atoms with Crippen molar-refractivity contribution in [3.05, 3.63) is 46.4 Å². The van der Waals surface area contributed by atoms with Crippen LogP contribution in [-0.2, 0) is 6.54 Å². The van der Waals surface area contributed by atoms with Crippen molar-refractivity contribution in [3.8, 4) is 17.1 Å². The SMILES string of the molecule is CNCc1cc(=O)[nH]c(-c2ccc(O)cc2)n1. The molecule has 0 unspecified atom stereocenters. The summed E-state index contributed by atoms with van der Waals surface area (Å²) in [6.07, 6.45) is 0. The van der Waals surface area contributed by atoms with Gasteiger partial charge in [0.05, 0.1) is 5.69 Å². The Kier molecular flexibility index (Phi) is 3.20. The average molecular weight is 231 g/mol. The first-order valence-corrected chi connectivity index (χ1v) is 5.23. The highest BCUT2D eigenvalue weighted by atomic mass is 16.3. The van der Waals surface area contributed by atoms with Crippen LogP contribution in [0.2, 0.25) is 0 Å². The van der Waals surface area contributed by atoms with Crippen LogP contribution in [0, 0.1) is 0 Å². The van der Waals surface area contributed by atoms with Gasteiger partial charge in [-0.15, -0.1) is 0 Å². The number of phenolic OH excluding ortho intramolecular Hbond substituents is 1. The summed E-state index contributed by atoms with van der Waals surface area (Å²) >= 11 is 0. The standard InChI is InChI=1S/C12H13N3O2/c1-13-7-9-6-11(17)15-12(14-9)8-2-4-10(16)5-3-8/h2-6,13,16H,7H2,1H3,(H,14,15,17). The predicted molar refractivity (Wildman–Crippen MR) is 64.7 cm³/mol. The van der Waals surface area contributed by atoms with Gasteiger partial charge in [0.1, 0.15) is 11.6 Å². The van der Waals surface area contributed by atoms with Crippen molar-refractivity contribution in [2.45, 2.75) is 6.54 Å². The number of nitrogens with zero attached hydrogens (tertiary/aromatic N) is 1. The number of H-pyrrole nitrogens is 1. The third kappa shape index (κ3) is 2.70. The quantitative estimate of drug-likeness (QED) is 0.732. The molecule has 0 amide bonds. The Bertz CT molecular complexity index is 561. The number of aromatic hydroxyl groups is 1. The highest BCUT2D eigenvalue weighted by Gasteiger charge is 2.03. The Labute approximate surface area is 98.2 Å². The number of phenols is 1. The lowest BCUT2D eigenvalue weighted by Crippen LogP contribution is -2.14. The van der Waals surface area contributed by atoms with Crippen molar-refractivity contribution in [2.75, 3.05) is 7.05 Å².